The minimum atomic E-state index is -0.967. The lowest BCUT2D eigenvalue weighted by Gasteiger charge is -2.24. The number of hydrogen-bond acceptors (Lipinski definition) is 4. The molecule has 0 unspecified atom stereocenters. The van der Waals surface area contributed by atoms with Gasteiger partial charge in [0.2, 0.25) is 5.91 Å². The van der Waals surface area contributed by atoms with Gasteiger partial charge >= 0.3 is 5.97 Å². The van der Waals surface area contributed by atoms with Crippen molar-refractivity contribution in [1.29, 1.82) is 0 Å². The van der Waals surface area contributed by atoms with Gasteiger partial charge in [0.1, 0.15) is 5.00 Å². The molecular formula is C23H24N2O4S. The van der Waals surface area contributed by atoms with Gasteiger partial charge in [-0.2, -0.15) is 0 Å². The molecule has 0 spiro atoms. The summed E-state index contributed by atoms with van der Waals surface area (Å²) in [4.78, 5) is 38.8. The minimum Gasteiger partial charge on any atom is -0.481 e. The number of thiophene rings is 1. The summed E-state index contributed by atoms with van der Waals surface area (Å²) >= 11 is 1.44. The molecule has 156 valence electrons. The zero-order valence-electron chi connectivity index (χ0n) is 16.7. The highest BCUT2D eigenvalue weighted by atomic mass is 32.1. The number of nitrogens with one attached hydrogen (secondary N) is 2. The monoisotopic (exact) mass is 424 g/mol. The third-order valence-corrected chi connectivity index (χ3v) is 7.07. The predicted molar refractivity (Wildman–Crippen MR) is 117 cm³/mol. The summed E-state index contributed by atoms with van der Waals surface area (Å²) in [6.07, 6.45) is 7.09. The number of carboxylic acids is 1. The Hall–Kier alpha value is -2.93. The van der Waals surface area contributed by atoms with E-state index in [0.29, 0.717) is 23.4 Å². The molecule has 30 heavy (non-hydrogen) atoms. The van der Waals surface area contributed by atoms with Crippen LogP contribution in [0.1, 0.15) is 45.6 Å². The molecule has 2 aromatic rings. The zero-order valence-corrected chi connectivity index (χ0v) is 17.6. The summed E-state index contributed by atoms with van der Waals surface area (Å²) in [6.45, 7) is 1.93. The van der Waals surface area contributed by atoms with Gasteiger partial charge in [0, 0.05) is 10.6 Å². The molecule has 1 aromatic carbocycles. The second-order valence-electron chi connectivity index (χ2n) is 7.81. The maximum absolute atomic E-state index is 13.2. The van der Waals surface area contributed by atoms with Crippen LogP contribution in [-0.2, 0) is 22.4 Å². The highest BCUT2D eigenvalue weighted by molar-refractivity contribution is 7.17. The average Bonchev–Trinajstić information content (AvgIpc) is 3.30. The molecule has 7 heteroatoms. The van der Waals surface area contributed by atoms with Crippen molar-refractivity contribution < 1.29 is 19.5 Å². The summed E-state index contributed by atoms with van der Waals surface area (Å²) in [6, 6.07) is 7.56. The summed E-state index contributed by atoms with van der Waals surface area (Å²) < 4.78 is 0. The Balaban J connectivity index is 1.61. The van der Waals surface area contributed by atoms with E-state index in [-0.39, 0.29) is 11.8 Å². The molecule has 4 rings (SSSR count). The second-order valence-corrected chi connectivity index (χ2v) is 8.92. The molecule has 2 aliphatic rings. The standard InChI is InChI=1S/C23H24N2O4S/c1-13-7-2-5-11-17(13)24-21(27)19-16-10-6-12-18(16)30-22(19)25-20(26)14-8-3-4-9-15(14)23(28)29/h2-5,7,11,14-15H,6,8-10,12H2,1H3,(H,24,27)(H,25,26)(H,28,29)/t14-,15-/m0/s1. The lowest BCUT2D eigenvalue weighted by molar-refractivity contribution is -0.146. The second kappa shape index (κ2) is 8.44. The number of carbonyl (C=O) groups excluding carboxylic acids is 2. The van der Waals surface area contributed by atoms with E-state index in [1.54, 1.807) is 0 Å². The van der Waals surface area contributed by atoms with Gasteiger partial charge in [0.15, 0.2) is 0 Å². The first kappa shape index (κ1) is 20.3. The van der Waals surface area contributed by atoms with Crippen molar-refractivity contribution >= 4 is 39.8 Å². The molecule has 0 fully saturated rings. The number of rotatable bonds is 5. The van der Waals surface area contributed by atoms with Gasteiger partial charge in [-0.05, 0) is 56.2 Å². The highest BCUT2D eigenvalue weighted by Gasteiger charge is 2.35. The van der Waals surface area contributed by atoms with Crippen LogP contribution < -0.4 is 10.6 Å². The number of para-hydroxylation sites is 1. The van der Waals surface area contributed by atoms with Crippen molar-refractivity contribution in [1.82, 2.24) is 0 Å². The maximum Gasteiger partial charge on any atom is 0.307 e. The average molecular weight is 425 g/mol. The van der Waals surface area contributed by atoms with Crippen LogP contribution in [0.3, 0.4) is 0 Å². The van der Waals surface area contributed by atoms with E-state index in [1.165, 1.54) is 11.3 Å². The Kier molecular flexibility index (Phi) is 5.72. The molecule has 1 aromatic heterocycles. The van der Waals surface area contributed by atoms with E-state index in [1.807, 2.05) is 43.3 Å². The first-order valence-electron chi connectivity index (χ1n) is 10.2. The van der Waals surface area contributed by atoms with E-state index in [4.69, 9.17) is 0 Å². The van der Waals surface area contributed by atoms with Crippen molar-refractivity contribution in [3.8, 4) is 0 Å². The molecule has 2 aliphatic carbocycles. The molecule has 3 N–H and O–H groups in total. The number of hydrogen-bond donors (Lipinski definition) is 3. The predicted octanol–water partition coefficient (Wildman–Crippen LogP) is 4.40. The summed E-state index contributed by atoms with van der Waals surface area (Å²) in [5.41, 5.74) is 3.21. The third kappa shape index (κ3) is 3.89. The van der Waals surface area contributed by atoms with Crippen LogP contribution in [0.25, 0.3) is 0 Å². The Morgan fingerprint density at radius 1 is 1.03 bits per heavy atom. The van der Waals surface area contributed by atoms with Gasteiger partial charge in [-0.1, -0.05) is 30.4 Å². The first-order valence-corrected chi connectivity index (χ1v) is 11.0. The van der Waals surface area contributed by atoms with Crippen LogP contribution in [0.4, 0.5) is 10.7 Å². The van der Waals surface area contributed by atoms with Gasteiger partial charge < -0.3 is 15.7 Å². The van der Waals surface area contributed by atoms with E-state index in [9.17, 15) is 19.5 Å². The van der Waals surface area contributed by atoms with Gasteiger partial charge in [0.05, 0.1) is 17.4 Å². The number of carboxylic acid groups (broad SMARTS) is 1. The molecule has 6 nitrogen and oxygen atoms in total. The number of carbonyl (C=O) groups is 3. The van der Waals surface area contributed by atoms with E-state index in [2.05, 4.69) is 10.6 Å². The number of amides is 2. The summed E-state index contributed by atoms with van der Waals surface area (Å²) in [7, 11) is 0. The number of aliphatic carboxylic acids is 1. The Labute approximate surface area is 179 Å². The van der Waals surface area contributed by atoms with E-state index < -0.39 is 17.8 Å². The molecule has 1 heterocycles. The highest BCUT2D eigenvalue weighted by Crippen LogP contribution is 2.40. The number of allylic oxidation sites excluding steroid dienone is 2. The van der Waals surface area contributed by atoms with Crippen LogP contribution in [0, 0.1) is 18.8 Å². The Morgan fingerprint density at radius 2 is 1.77 bits per heavy atom. The van der Waals surface area contributed by atoms with Crippen LogP contribution in [0.15, 0.2) is 36.4 Å². The zero-order chi connectivity index (χ0) is 21.3. The van der Waals surface area contributed by atoms with Crippen LogP contribution in [0.2, 0.25) is 0 Å². The SMILES string of the molecule is Cc1ccccc1NC(=O)c1c(NC(=O)[C@H]2CC=CC[C@@H]2C(=O)O)sc2c1CCC2. The van der Waals surface area contributed by atoms with Crippen molar-refractivity contribution in [3.05, 3.63) is 58.0 Å². The molecular weight excluding hydrogens is 400 g/mol. The van der Waals surface area contributed by atoms with Crippen LogP contribution in [0.5, 0.6) is 0 Å². The topological polar surface area (TPSA) is 95.5 Å². The van der Waals surface area contributed by atoms with Crippen LogP contribution in [-0.4, -0.2) is 22.9 Å². The Bertz CT molecular complexity index is 1040. The largest absolute Gasteiger partial charge is 0.481 e. The maximum atomic E-state index is 13.2. The van der Waals surface area contributed by atoms with Crippen molar-refractivity contribution in [2.24, 2.45) is 11.8 Å². The Morgan fingerprint density at radius 3 is 2.50 bits per heavy atom. The fraction of sp³-hybridized carbons (Fsp3) is 0.348. The van der Waals surface area contributed by atoms with Gasteiger partial charge in [-0.25, -0.2) is 0 Å². The molecule has 0 bridgehead atoms. The van der Waals surface area contributed by atoms with Gasteiger partial charge in [-0.3, -0.25) is 14.4 Å². The number of fused-ring (bicyclic) bond motifs is 1. The molecule has 0 aliphatic heterocycles. The number of aryl methyl sites for hydroxylation is 2. The van der Waals surface area contributed by atoms with E-state index in [0.717, 1.165) is 41.0 Å². The first-order chi connectivity index (χ1) is 14.5. The fourth-order valence-electron chi connectivity index (χ4n) is 4.21. The molecule has 2 atom stereocenters. The minimum absolute atomic E-state index is 0.239. The van der Waals surface area contributed by atoms with Crippen molar-refractivity contribution in [2.45, 2.75) is 39.0 Å². The number of anilines is 2. The fourth-order valence-corrected chi connectivity index (χ4v) is 5.50. The summed E-state index contributed by atoms with van der Waals surface area (Å²) in [5, 5.41) is 15.9. The van der Waals surface area contributed by atoms with Crippen LogP contribution >= 0.6 is 11.3 Å². The smallest absolute Gasteiger partial charge is 0.307 e. The molecule has 2 amide bonds. The third-order valence-electron chi connectivity index (χ3n) is 5.86. The number of benzene rings is 1. The lowest BCUT2D eigenvalue weighted by atomic mass is 9.82. The van der Waals surface area contributed by atoms with Crippen molar-refractivity contribution in [2.75, 3.05) is 10.6 Å². The van der Waals surface area contributed by atoms with E-state index >= 15 is 0 Å². The normalized spacial score (nSPS) is 19.9. The molecule has 0 saturated carbocycles. The lowest BCUT2D eigenvalue weighted by Crippen LogP contribution is -2.35. The summed E-state index contributed by atoms with van der Waals surface area (Å²) in [5.74, 6) is -2.93. The van der Waals surface area contributed by atoms with Gasteiger partial charge in [0.25, 0.3) is 5.91 Å². The van der Waals surface area contributed by atoms with Gasteiger partial charge in [-0.15, -0.1) is 11.3 Å². The molecule has 0 saturated heterocycles. The van der Waals surface area contributed by atoms with Crippen molar-refractivity contribution in [3.63, 3.8) is 0 Å². The molecule has 0 radical (unpaired) electrons. The quantitative estimate of drug-likeness (QED) is 0.620.